The molecule has 1 atom stereocenters. The third-order valence-corrected chi connectivity index (χ3v) is 5.77. The highest BCUT2D eigenvalue weighted by molar-refractivity contribution is 7.89. The zero-order valence-electron chi connectivity index (χ0n) is 11.7. The summed E-state index contributed by atoms with van der Waals surface area (Å²) in [5.41, 5.74) is 6.43. The van der Waals surface area contributed by atoms with E-state index in [2.05, 4.69) is 6.92 Å². The molecule has 2 heterocycles. The van der Waals surface area contributed by atoms with Gasteiger partial charge in [-0.25, -0.2) is 8.42 Å². The zero-order valence-corrected chi connectivity index (χ0v) is 12.5. The van der Waals surface area contributed by atoms with E-state index in [0.29, 0.717) is 30.4 Å². The van der Waals surface area contributed by atoms with Gasteiger partial charge in [0.05, 0.1) is 0 Å². The van der Waals surface area contributed by atoms with Crippen LogP contribution in [0.1, 0.15) is 31.9 Å². The molecule has 0 spiro atoms. The molecular formula is C13H23N3O2S. The number of nitrogens with zero attached hydrogens (tertiary/aromatic N) is 2. The number of hydrogen-bond donors (Lipinski definition) is 1. The van der Waals surface area contributed by atoms with Gasteiger partial charge in [0.2, 0.25) is 10.0 Å². The van der Waals surface area contributed by atoms with Crippen LogP contribution < -0.4 is 5.73 Å². The van der Waals surface area contributed by atoms with Crippen LogP contribution in [-0.4, -0.2) is 30.4 Å². The van der Waals surface area contributed by atoms with Crippen molar-refractivity contribution in [1.29, 1.82) is 0 Å². The van der Waals surface area contributed by atoms with Crippen molar-refractivity contribution in [1.82, 2.24) is 8.87 Å². The molecule has 1 fully saturated rings. The van der Waals surface area contributed by atoms with Crippen molar-refractivity contribution in [2.24, 2.45) is 18.7 Å². The molecule has 6 heteroatoms. The van der Waals surface area contributed by atoms with Crippen molar-refractivity contribution in [3.05, 3.63) is 18.0 Å². The minimum absolute atomic E-state index is 0.350. The number of nitrogens with two attached hydrogens (primary N) is 1. The van der Waals surface area contributed by atoms with Gasteiger partial charge in [0.1, 0.15) is 4.90 Å². The number of rotatable bonds is 3. The van der Waals surface area contributed by atoms with Crippen molar-refractivity contribution in [2.45, 2.75) is 37.6 Å². The molecule has 0 saturated carbocycles. The maximum atomic E-state index is 12.6. The summed E-state index contributed by atoms with van der Waals surface area (Å²) in [6.07, 6.45) is 4.65. The van der Waals surface area contributed by atoms with Gasteiger partial charge >= 0.3 is 0 Å². The fourth-order valence-electron chi connectivity index (χ4n) is 2.55. The van der Waals surface area contributed by atoms with Crippen LogP contribution in [0, 0.1) is 5.92 Å². The van der Waals surface area contributed by atoms with Crippen molar-refractivity contribution in [3.63, 3.8) is 0 Å². The highest BCUT2D eigenvalue weighted by Gasteiger charge is 2.27. The van der Waals surface area contributed by atoms with Crippen LogP contribution in [0.5, 0.6) is 0 Å². The van der Waals surface area contributed by atoms with E-state index in [9.17, 15) is 8.42 Å². The predicted molar refractivity (Wildman–Crippen MR) is 75.1 cm³/mol. The molecule has 1 aromatic heterocycles. The maximum Gasteiger partial charge on any atom is 0.244 e. The van der Waals surface area contributed by atoms with E-state index in [0.717, 1.165) is 25.0 Å². The standard InChI is InChI=1S/C13H23N3O2S/c1-11-4-3-6-16(7-5-11)19(17,18)13-8-12(9-14)15(2)10-13/h8,10-11H,3-7,9,14H2,1-2H3. The van der Waals surface area contributed by atoms with E-state index in [4.69, 9.17) is 5.73 Å². The lowest BCUT2D eigenvalue weighted by Crippen LogP contribution is -2.31. The van der Waals surface area contributed by atoms with Crippen molar-refractivity contribution in [3.8, 4) is 0 Å². The Bertz CT molecular complexity index is 536. The quantitative estimate of drug-likeness (QED) is 0.910. The maximum absolute atomic E-state index is 12.6. The van der Waals surface area contributed by atoms with Crippen LogP contribution in [0.25, 0.3) is 0 Å². The van der Waals surface area contributed by atoms with Crippen molar-refractivity contribution in [2.75, 3.05) is 13.1 Å². The molecule has 0 aromatic carbocycles. The highest BCUT2D eigenvalue weighted by atomic mass is 32.2. The van der Waals surface area contributed by atoms with E-state index in [-0.39, 0.29) is 0 Å². The lowest BCUT2D eigenvalue weighted by atomic mass is 10.0. The molecule has 5 nitrogen and oxygen atoms in total. The average molecular weight is 285 g/mol. The first-order valence-electron chi connectivity index (χ1n) is 6.80. The molecule has 0 amide bonds. The molecule has 1 aliphatic rings. The Balaban J connectivity index is 2.25. The number of aryl methyl sites for hydroxylation is 1. The first kappa shape index (κ1) is 14.6. The smallest absolute Gasteiger partial charge is 0.244 e. The van der Waals surface area contributed by atoms with Crippen LogP contribution in [0.2, 0.25) is 0 Å². The largest absolute Gasteiger partial charge is 0.352 e. The summed E-state index contributed by atoms with van der Waals surface area (Å²) in [6, 6.07) is 1.68. The van der Waals surface area contributed by atoms with Gasteiger partial charge in [-0.15, -0.1) is 0 Å². The molecule has 0 aliphatic carbocycles. The molecule has 1 saturated heterocycles. The predicted octanol–water partition coefficient (Wildman–Crippen LogP) is 1.29. The van der Waals surface area contributed by atoms with E-state index in [1.54, 1.807) is 21.1 Å². The minimum Gasteiger partial charge on any atom is -0.352 e. The number of sulfonamides is 1. The molecule has 1 aromatic rings. The fourth-order valence-corrected chi connectivity index (χ4v) is 4.14. The van der Waals surface area contributed by atoms with E-state index >= 15 is 0 Å². The van der Waals surface area contributed by atoms with E-state index < -0.39 is 10.0 Å². The third kappa shape index (κ3) is 3.01. The molecule has 108 valence electrons. The molecule has 19 heavy (non-hydrogen) atoms. The van der Waals surface area contributed by atoms with Crippen LogP contribution in [0.4, 0.5) is 0 Å². The summed E-state index contributed by atoms with van der Waals surface area (Å²) in [6.45, 7) is 3.78. The average Bonchev–Trinajstić information content (AvgIpc) is 2.60. The second kappa shape index (κ2) is 5.64. The van der Waals surface area contributed by atoms with Gasteiger partial charge in [0, 0.05) is 38.6 Å². The summed E-state index contributed by atoms with van der Waals surface area (Å²) < 4.78 is 28.6. The van der Waals surface area contributed by atoms with Crippen LogP contribution in [0.3, 0.4) is 0 Å². The highest BCUT2D eigenvalue weighted by Crippen LogP contribution is 2.23. The number of hydrogen-bond acceptors (Lipinski definition) is 3. The van der Waals surface area contributed by atoms with Crippen molar-refractivity contribution >= 4 is 10.0 Å². The Morgan fingerprint density at radius 2 is 2.11 bits per heavy atom. The SMILES string of the molecule is CC1CCCN(S(=O)(=O)c2cc(CN)n(C)c2)CC1. The summed E-state index contributed by atoms with van der Waals surface area (Å²) in [5, 5.41) is 0. The zero-order chi connectivity index (χ0) is 14.0. The first-order chi connectivity index (χ1) is 8.95. The summed E-state index contributed by atoms with van der Waals surface area (Å²) in [5.74, 6) is 0.607. The van der Waals surface area contributed by atoms with Gasteiger partial charge < -0.3 is 10.3 Å². The molecule has 1 aliphatic heterocycles. The van der Waals surface area contributed by atoms with Gasteiger partial charge in [-0.2, -0.15) is 4.31 Å². The van der Waals surface area contributed by atoms with E-state index in [1.165, 1.54) is 0 Å². The Hall–Kier alpha value is -0.850. The molecule has 2 rings (SSSR count). The molecule has 1 unspecified atom stereocenters. The Labute approximate surface area is 115 Å². The molecule has 0 radical (unpaired) electrons. The Morgan fingerprint density at radius 3 is 2.74 bits per heavy atom. The topological polar surface area (TPSA) is 68.3 Å². The number of aromatic nitrogens is 1. The molecular weight excluding hydrogens is 262 g/mol. The summed E-state index contributed by atoms with van der Waals surface area (Å²) in [4.78, 5) is 0.366. The van der Waals surface area contributed by atoms with Gasteiger partial charge in [-0.1, -0.05) is 6.92 Å². The van der Waals surface area contributed by atoms with Gasteiger partial charge in [0.25, 0.3) is 0 Å². The molecule has 0 bridgehead atoms. The van der Waals surface area contributed by atoms with E-state index in [1.807, 2.05) is 7.05 Å². The van der Waals surface area contributed by atoms with Crippen LogP contribution in [0.15, 0.2) is 17.2 Å². The summed E-state index contributed by atoms with van der Waals surface area (Å²) in [7, 11) is -1.54. The lowest BCUT2D eigenvalue weighted by molar-refractivity contribution is 0.416. The summed E-state index contributed by atoms with van der Waals surface area (Å²) >= 11 is 0. The molecule has 2 N–H and O–H groups in total. The van der Waals surface area contributed by atoms with Gasteiger partial charge in [-0.05, 0) is 31.2 Å². The minimum atomic E-state index is -3.36. The van der Waals surface area contributed by atoms with Gasteiger partial charge in [-0.3, -0.25) is 0 Å². The first-order valence-corrected chi connectivity index (χ1v) is 8.24. The Kier molecular flexibility index (Phi) is 4.32. The second-order valence-corrected chi connectivity index (χ2v) is 7.36. The normalized spacial score (nSPS) is 22.4. The van der Waals surface area contributed by atoms with Crippen LogP contribution in [-0.2, 0) is 23.6 Å². The van der Waals surface area contributed by atoms with Gasteiger partial charge in [0.15, 0.2) is 0 Å². The van der Waals surface area contributed by atoms with Crippen LogP contribution >= 0.6 is 0 Å². The lowest BCUT2D eigenvalue weighted by Gasteiger charge is -2.19. The van der Waals surface area contributed by atoms with Crippen molar-refractivity contribution < 1.29 is 8.42 Å². The Morgan fingerprint density at radius 1 is 1.37 bits per heavy atom. The second-order valence-electron chi connectivity index (χ2n) is 5.42. The monoisotopic (exact) mass is 285 g/mol. The third-order valence-electron chi connectivity index (χ3n) is 3.91. The fraction of sp³-hybridized carbons (Fsp3) is 0.692.